The van der Waals surface area contributed by atoms with Crippen LogP contribution in [-0.4, -0.2) is 48.0 Å². The van der Waals surface area contributed by atoms with Crippen LogP contribution in [-0.2, 0) is 14.3 Å². The molecule has 0 unspecified atom stereocenters. The first-order valence-corrected chi connectivity index (χ1v) is 7.40. The van der Waals surface area contributed by atoms with Gasteiger partial charge in [-0.15, -0.1) is 11.8 Å². The van der Waals surface area contributed by atoms with Crippen molar-refractivity contribution in [3.05, 3.63) is 0 Å². The first-order chi connectivity index (χ1) is 8.24. The topological polar surface area (TPSA) is 46.6 Å². The summed E-state index contributed by atoms with van der Waals surface area (Å²) in [5.74, 6) is 0.578. The van der Waals surface area contributed by atoms with Crippen LogP contribution in [0.1, 0.15) is 32.6 Å². The highest BCUT2D eigenvalue weighted by molar-refractivity contribution is 8.00. The van der Waals surface area contributed by atoms with Gasteiger partial charge in [0, 0.05) is 13.1 Å². The molecule has 1 fully saturated rings. The standard InChI is InChI=1S/C12H21NO3S/c1-2-16-12(15)10-17-9-11(14)13-7-5-3-4-6-8-13/h2-10H2,1H3. The first-order valence-electron chi connectivity index (χ1n) is 6.25. The predicted molar refractivity (Wildman–Crippen MR) is 69.0 cm³/mol. The molecule has 1 heterocycles. The fraction of sp³-hybridized carbons (Fsp3) is 0.833. The number of carbonyl (C=O) groups excluding carboxylic acids is 2. The third-order valence-corrected chi connectivity index (χ3v) is 3.60. The van der Waals surface area contributed by atoms with Gasteiger partial charge in [-0.1, -0.05) is 12.8 Å². The van der Waals surface area contributed by atoms with Crippen molar-refractivity contribution < 1.29 is 14.3 Å². The number of likely N-dealkylation sites (tertiary alicyclic amines) is 1. The summed E-state index contributed by atoms with van der Waals surface area (Å²) in [4.78, 5) is 24.9. The van der Waals surface area contributed by atoms with E-state index in [1.54, 1.807) is 6.92 Å². The maximum absolute atomic E-state index is 11.8. The molecule has 17 heavy (non-hydrogen) atoms. The molecule has 5 heteroatoms. The zero-order valence-corrected chi connectivity index (χ0v) is 11.3. The molecule has 0 radical (unpaired) electrons. The number of rotatable bonds is 5. The van der Waals surface area contributed by atoms with Crippen LogP contribution in [0.25, 0.3) is 0 Å². The normalized spacial score (nSPS) is 16.4. The summed E-state index contributed by atoms with van der Waals surface area (Å²) < 4.78 is 4.80. The molecule has 1 amide bonds. The Morgan fingerprint density at radius 2 is 1.76 bits per heavy atom. The lowest BCUT2D eigenvalue weighted by atomic mass is 10.2. The average Bonchev–Trinajstić information content (AvgIpc) is 2.57. The van der Waals surface area contributed by atoms with Gasteiger partial charge >= 0.3 is 5.97 Å². The van der Waals surface area contributed by atoms with Crippen molar-refractivity contribution in [2.75, 3.05) is 31.2 Å². The number of hydrogen-bond donors (Lipinski definition) is 0. The van der Waals surface area contributed by atoms with Crippen LogP contribution in [0.2, 0.25) is 0 Å². The summed E-state index contributed by atoms with van der Waals surface area (Å²) in [7, 11) is 0. The molecule has 4 nitrogen and oxygen atoms in total. The van der Waals surface area contributed by atoms with E-state index in [1.165, 1.54) is 24.6 Å². The van der Waals surface area contributed by atoms with E-state index >= 15 is 0 Å². The first kappa shape index (κ1) is 14.4. The molecule has 0 aliphatic carbocycles. The second kappa shape index (κ2) is 8.39. The maximum Gasteiger partial charge on any atom is 0.315 e. The van der Waals surface area contributed by atoms with E-state index < -0.39 is 0 Å². The van der Waals surface area contributed by atoms with Crippen LogP contribution >= 0.6 is 11.8 Å². The third kappa shape index (κ3) is 5.96. The van der Waals surface area contributed by atoms with E-state index in [4.69, 9.17) is 4.74 Å². The van der Waals surface area contributed by atoms with E-state index in [0.717, 1.165) is 25.9 Å². The summed E-state index contributed by atoms with van der Waals surface area (Å²) >= 11 is 1.34. The summed E-state index contributed by atoms with van der Waals surface area (Å²) in [6, 6.07) is 0. The smallest absolute Gasteiger partial charge is 0.315 e. The Hall–Kier alpha value is -0.710. The second-order valence-electron chi connectivity index (χ2n) is 4.09. The number of thioether (sulfide) groups is 1. The van der Waals surface area contributed by atoms with Gasteiger partial charge in [0.1, 0.15) is 0 Å². The summed E-state index contributed by atoms with van der Waals surface area (Å²) in [6.45, 7) is 3.93. The minimum atomic E-state index is -0.235. The highest BCUT2D eigenvalue weighted by atomic mass is 32.2. The molecule has 0 bridgehead atoms. The van der Waals surface area contributed by atoms with Crippen LogP contribution in [0.3, 0.4) is 0 Å². The third-order valence-electron chi connectivity index (χ3n) is 2.71. The summed E-state index contributed by atoms with van der Waals surface area (Å²) in [6.07, 6.45) is 4.65. The minimum absolute atomic E-state index is 0.154. The monoisotopic (exact) mass is 259 g/mol. The molecule has 0 aromatic carbocycles. The molecular formula is C12H21NO3S. The quantitative estimate of drug-likeness (QED) is 0.705. The zero-order chi connectivity index (χ0) is 12.5. The van der Waals surface area contributed by atoms with E-state index in [-0.39, 0.29) is 17.6 Å². The predicted octanol–water partition coefficient (Wildman–Crippen LogP) is 1.69. The fourth-order valence-corrected chi connectivity index (χ4v) is 2.54. The molecule has 1 aliphatic rings. The Kier molecular flexibility index (Phi) is 7.08. The fourth-order valence-electron chi connectivity index (χ4n) is 1.84. The molecule has 0 aromatic rings. The lowest BCUT2D eigenvalue weighted by Crippen LogP contribution is -2.33. The van der Waals surface area contributed by atoms with Crippen LogP contribution in [0, 0.1) is 0 Å². The van der Waals surface area contributed by atoms with Crippen molar-refractivity contribution in [3.8, 4) is 0 Å². The van der Waals surface area contributed by atoms with E-state index in [9.17, 15) is 9.59 Å². The van der Waals surface area contributed by atoms with Gasteiger partial charge in [0.15, 0.2) is 0 Å². The second-order valence-corrected chi connectivity index (χ2v) is 5.08. The van der Waals surface area contributed by atoms with Gasteiger partial charge in [-0.2, -0.15) is 0 Å². The lowest BCUT2D eigenvalue weighted by molar-refractivity contribution is -0.139. The Labute approximate surface area is 107 Å². The van der Waals surface area contributed by atoms with Gasteiger partial charge in [0.05, 0.1) is 18.1 Å². The average molecular weight is 259 g/mol. The number of amides is 1. The molecule has 0 N–H and O–H groups in total. The SMILES string of the molecule is CCOC(=O)CSCC(=O)N1CCCCCC1. The molecule has 0 spiro atoms. The van der Waals surface area contributed by atoms with Crippen LogP contribution in [0.4, 0.5) is 0 Å². The number of carbonyl (C=O) groups is 2. The molecule has 0 atom stereocenters. The van der Waals surface area contributed by atoms with Crippen molar-refractivity contribution in [3.63, 3.8) is 0 Å². The van der Waals surface area contributed by atoms with Gasteiger partial charge in [0.2, 0.25) is 5.91 Å². The number of nitrogens with zero attached hydrogens (tertiary/aromatic N) is 1. The number of esters is 1. The summed E-state index contributed by atoms with van der Waals surface area (Å²) in [5.41, 5.74) is 0. The van der Waals surface area contributed by atoms with Crippen molar-refractivity contribution in [2.45, 2.75) is 32.6 Å². The van der Waals surface area contributed by atoms with Gasteiger partial charge in [-0.3, -0.25) is 9.59 Å². The minimum Gasteiger partial charge on any atom is -0.465 e. The maximum atomic E-state index is 11.8. The van der Waals surface area contributed by atoms with Crippen LogP contribution in [0.5, 0.6) is 0 Å². The Morgan fingerprint density at radius 1 is 1.12 bits per heavy atom. The number of hydrogen-bond acceptors (Lipinski definition) is 4. The van der Waals surface area contributed by atoms with Gasteiger partial charge in [-0.25, -0.2) is 0 Å². The Balaban J connectivity index is 2.17. The highest BCUT2D eigenvalue weighted by Gasteiger charge is 2.15. The lowest BCUT2D eigenvalue weighted by Gasteiger charge is -2.19. The van der Waals surface area contributed by atoms with Crippen molar-refractivity contribution in [2.24, 2.45) is 0 Å². The van der Waals surface area contributed by atoms with Gasteiger partial charge in [-0.05, 0) is 19.8 Å². The molecule has 1 aliphatic heterocycles. The van der Waals surface area contributed by atoms with Crippen molar-refractivity contribution in [1.29, 1.82) is 0 Å². The Bertz CT molecular complexity index is 250. The molecule has 98 valence electrons. The highest BCUT2D eigenvalue weighted by Crippen LogP contribution is 2.11. The van der Waals surface area contributed by atoms with Gasteiger partial charge < -0.3 is 9.64 Å². The van der Waals surface area contributed by atoms with E-state index in [2.05, 4.69) is 0 Å². The Morgan fingerprint density at radius 3 is 2.35 bits per heavy atom. The number of ether oxygens (including phenoxy) is 1. The van der Waals surface area contributed by atoms with Crippen LogP contribution in [0.15, 0.2) is 0 Å². The molecule has 0 saturated carbocycles. The molecular weight excluding hydrogens is 238 g/mol. The van der Waals surface area contributed by atoms with E-state index in [1.807, 2.05) is 4.90 Å². The van der Waals surface area contributed by atoms with Crippen molar-refractivity contribution in [1.82, 2.24) is 4.90 Å². The van der Waals surface area contributed by atoms with Gasteiger partial charge in [0.25, 0.3) is 0 Å². The zero-order valence-electron chi connectivity index (χ0n) is 10.4. The molecule has 1 saturated heterocycles. The summed E-state index contributed by atoms with van der Waals surface area (Å²) in [5, 5.41) is 0. The van der Waals surface area contributed by atoms with E-state index in [0.29, 0.717) is 12.4 Å². The molecule has 1 rings (SSSR count). The largest absolute Gasteiger partial charge is 0.465 e. The molecule has 0 aromatic heterocycles. The van der Waals surface area contributed by atoms with Crippen LogP contribution < -0.4 is 0 Å². The van der Waals surface area contributed by atoms with Crippen molar-refractivity contribution >= 4 is 23.6 Å².